The van der Waals surface area contributed by atoms with Gasteiger partial charge in [-0.15, -0.1) is 0 Å². The molecule has 0 bridgehead atoms. The molecule has 0 spiro atoms. The Hall–Kier alpha value is -3.02. The Kier molecular flexibility index (Phi) is 5.35. The van der Waals surface area contributed by atoms with Gasteiger partial charge in [0.05, 0.1) is 13.2 Å². The summed E-state index contributed by atoms with van der Waals surface area (Å²) in [7, 11) is 3.34. The first-order valence-electron chi connectivity index (χ1n) is 8.72. The Labute approximate surface area is 157 Å². The van der Waals surface area contributed by atoms with Crippen molar-refractivity contribution in [1.29, 1.82) is 0 Å². The number of amides is 2. The lowest BCUT2D eigenvalue weighted by Crippen LogP contribution is -2.38. The maximum atomic E-state index is 13.5. The highest BCUT2D eigenvalue weighted by atomic mass is 19.1. The number of carbonyl (C=O) groups is 1. The molecular weight excluding hydrogens is 347 g/mol. The second-order valence-corrected chi connectivity index (χ2v) is 6.61. The SMILES string of the molecule is COc1ccc(CN(C)C(=O)NC(C)c2oc3ccc(F)cc3c2C)cc1. The van der Waals surface area contributed by atoms with Crippen molar-refractivity contribution in [3.05, 3.63) is 65.2 Å². The third-order valence-electron chi connectivity index (χ3n) is 4.59. The Morgan fingerprint density at radius 1 is 1.26 bits per heavy atom. The summed E-state index contributed by atoms with van der Waals surface area (Å²) in [5.74, 6) is 1.09. The first kappa shape index (κ1) is 18.8. The first-order valence-corrected chi connectivity index (χ1v) is 8.72. The van der Waals surface area contributed by atoms with Gasteiger partial charge in [-0.25, -0.2) is 9.18 Å². The molecule has 1 atom stereocenters. The van der Waals surface area contributed by atoms with Crippen LogP contribution in [0.3, 0.4) is 0 Å². The quantitative estimate of drug-likeness (QED) is 0.702. The molecule has 1 aromatic heterocycles. The number of halogens is 1. The van der Waals surface area contributed by atoms with Crippen LogP contribution >= 0.6 is 0 Å². The molecule has 142 valence electrons. The molecule has 3 rings (SSSR count). The Balaban J connectivity index is 1.68. The van der Waals surface area contributed by atoms with Gasteiger partial charge in [-0.2, -0.15) is 0 Å². The summed E-state index contributed by atoms with van der Waals surface area (Å²) in [6.07, 6.45) is 0. The minimum atomic E-state index is -0.341. The van der Waals surface area contributed by atoms with Gasteiger partial charge in [-0.05, 0) is 49.7 Å². The molecule has 5 nitrogen and oxygen atoms in total. The van der Waals surface area contributed by atoms with Gasteiger partial charge in [0.2, 0.25) is 0 Å². The fourth-order valence-corrected chi connectivity index (χ4v) is 3.06. The van der Waals surface area contributed by atoms with Gasteiger partial charge in [0.1, 0.15) is 22.9 Å². The van der Waals surface area contributed by atoms with Crippen LogP contribution in [-0.4, -0.2) is 25.1 Å². The van der Waals surface area contributed by atoms with Crippen LogP contribution < -0.4 is 10.1 Å². The van der Waals surface area contributed by atoms with Gasteiger partial charge in [-0.3, -0.25) is 0 Å². The van der Waals surface area contributed by atoms with E-state index in [1.54, 1.807) is 25.1 Å². The number of aryl methyl sites for hydroxylation is 1. The second kappa shape index (κ2) is 7.70. The van der Waals surface area contributed by atoms with Gasteiger partial charge in [-0.1, -0.05) is 12.1 Å². The molecular formula is C21H23FN2O3. The van der Waals surface area contributed by atoms with E-state index in [9.17, 15) is 9.18 Å². The lowest BCUT2D eigenvalue weighted by atomic mass is 10.1. The van der Waals surface area contributed by atoms with Crippen LogP contribution in [0.2, 0.25) is 0 Å². The second-order valence-electron chi connectivity index (χ2n) is 6.61. The predicted octanol–water partition coefficient (Wildman–Crippen LogP) is 4.79. The van der Waals surface area contributed by atoms with Crippen molar-refractivity contribution in [3.8, 4) is 5.75 Å². The smallest absolute Gasteiger partial charge is 0.318 e. The molecule has 6 heteroatoms. The molecule has 2 amide bonds. The molecule has 1 heterocycles. The molecule has 3 aromatic rings. The van der Waals surface area contributed by atoms with Gasteiger partial charge in [0.25, 0.3) is 0 Å². The maximum absolute atomic E-state index is 13.5. The molecule has 0 fully saturated rings. The average Bonchev–Trinajstić information content (AvgIpc) is 2.98. The summed E-state index contributed by atoms with van der Waals surface area (Å²) in [6.45, 7) is 4.18. The zero-order chi connectivity index (χ0) is 19.6. The monoisotopic (exact) mass is 370 g/mol. The van der Waals surface area contributed by atoms with Crippen molar-refractivity contribution in [2.45, 2.75) is 26.4 Å². The lowest BCUT2D eigenvalue weighted by Gasteiger charge is -2.21. The van der Waals surface area contributed by atoms with Crippen molar-refractivity contribution < 1.29 is 18.3 Å². The molecule has 1 unspecified atom stereocenters. The minimum Gasteiger partial charge on any atom is -0.497 e. The highest BCUT2D eigenvalue weighted by molar-refractivity contribution is 5.82. The summed E-state index contributed by atoms with van der Waals surface area (Å²) >= 11 is 0. The molecule has 0 aliphatic carbocycles. The predicted molar refractivity (Wildman–Crippen MR) is 102 cm³/mol. The number of carbonyl (C=O) groups excluding carboxylic acids is 1. The van der Waals surface area contributed by atoms with Crippen LogP contribution in [-0.2, 0) is 6.54 Å². The number of ether oxygens (including phenoxy) is 1. The van der Waals surface area contributed by atoms with Crippen LogP contribution in [0.25, 0.3) is 11.0 Å². The maximum Gasteiger partial charge on any atom is 0.318 e. The summed E-state index contributed by atoms with van der Waals surface area (Å²) in [5, 5.41) is 3.65. The van der Waals surface area contributed by atoms with Crippen molar-refractivity contribution in [1.82, 2.24) is 10.2 Å². The molecule has 0 aliphatic heterocycles. The zero-order valence-corrected chi connectivity index (χ0v) is 15.9. The summed E-state index contributed by atoms with van der Waals surface area (Å²) in [5.41, 5.74) is 2.43. The van der Waals surface area contributed by atoms with E-state index in [1.807, 2.05) is 38.1 Å². The number of nitrogens with zero attached hydrogens (tertiary/aromatic N) is 1. The lowest BCUT2D eigenvalue weighted by molar-refractivity contribution is 0.202. The zero-order valence-electron chi connectivity index (χ0n) is 15.9. The number of benzene rings is 2. The third-order valence-corrected chi connectivity index (χ3v) is 4.59. The number of nitrogens with one attached hydrogen (secondary N) is 1. The third kappa shape index (κ3) is 4.05. The number of fused-ring (bicyclic) bond motifs is 1. The highest BCUT2D eigenvalue weighted by Gasteiger charge is 2.20. The van der Waals surface area contributed by atoms with Crippen LogP contribution in [0.4, 0.5) is 9.18 Å². The number of urea groups is 1. The fraction of sp³-hybridized carbons (Fsp3) is 0.286. The highest BCUT2D eigenvalue weighted by Crippen LogP contribution is 2.30. The molecule has 0 aliphatic rings. The number of furan rings is 1. The summed E-state index contributed by atoms with van der Waals surface area (Å²) < 4.78 is 24.4. The van der Waals surface area contributed by atoms with E-state index in [1.165, 1.54) is 12.1 Å². The Bertz CT molecular complexity index is 950. The van der Waals surface area contributed by atoms with Crippen molar-refractivity contribution in [2.75, 3.05) is 14.2 Å². The normalized spacial score (nSPS) is 12.0. The number of methoxy groups -OCH3 is 1. The first-order chi connectivity index (χ1) is 12.9. The van der Waals surface area contributed by atoms with Gasteiger partial charge >= 0.3 is 6.03 Å². The van der Waals surface area contributed by atoms with Gasteiger partial charge in [0, 0.05) is 24.5 Å². The molecule has 27 heavy (non-hydrogen) atoms. The number of hydrogen-bond acceptors (Lipinski definition) is 3. The Morgan fingerprint density at radius 3 is 2.63 bits per heavy atom. The number of hydrogen-bond donors (Lipinski definition) is 1. The summed E-state index contributed by atoms with van der Waals surface area (Å²) in [4.78, 5) is 14.1. The van der Waals surface area contributed by atoms with Crippen molar-refractivity contribution in [3.63, 3.8) is 0 Å². The van der Waals surface area contributed by atoms with Crippen LogP contribution in [0.5, 0.6) is 5.75 Å². The summed E-state index contributed by atoms with van der Waals surface area (Å²) in [6, 6.07) is 11.4. The molecule has 1 N–H and O–H groups in total. The fourth-order valence-electron chi connectivity index (χ4n) is 3.06. The molecule has 0 saturated heterocycles. The van der Waals surface area contributed by atoms with E-state index in [0.717, 1.165) is 22.3 Å². The van der Waals surface area contributed by atoms with Crippen molar-refractivity contribution in [2.24, 2.45) is 0 Å². The van der Waals surface area contributed by atoms with E-state index in [4.69, 9.17) is 9.15 Å². The number of rotatable bonds is 5. The van der Waals surface area contributed by atoms with Crippen LogP contribution in [0.1, 0.15) is 29.9 Å². The van der Waals surface area contributed by atoms with E-state index in [0.29, 0.717) is 17.9 Å². The average molecular weight is 370 g/mol. The van der Waals surface area contributed by atoms with Crippen LogP contribution in [0.15, 0.2) is 46.9 Å². The molecule has 0 saturated carbocycles. The van der Waals surface area contributed by atoms with E-state index in [-0.39, 0.29) is 17.9 Å². The van der Waals surface area contributed by atoms with E-state index >= 15 is 0 Å². The van der Waals surface area contributed by atoms with E-state index < -0.39 is 0 Å². The van der Waals surface area contributed by atoms with Crippen molar-refractivity contribution >= 4 is 17.0 Å². The van der Waals surface area contributed by atoms with Gasteiger partial charge < -0.3 is 19.4 Å². The standard InChI is InChI=1S/C21H23FN2O3/c1-13-18-11-16(22)7-10-19(18)27-20(13)14(2)23-21(25)24(3)12-15-5-8-17(26-4)9-6-15/h5-11,14H,12H2,1-4H3,(H,23,25). The minimum absolute atomic E-state index is 0.218. The van der Waals surface area contributed by atoms with Gasteiger partial charge in [0.15, 0.2) is 0 Å². The van der Waals surface area contributed by atoms with E-state index in [2.05, 4.69) is 5.32 Å². The topological polar surface area (TPSA) is 54.7 Å². The Morgan fingerprint density at radius 2 is 1.96 bits per heavy atom. The molecule has 0 radical (unpaired) electrons. The molecule has 2 aromatic carbocycles. The largest absolute Gasteiger partial charge is 0.497 e. The van der Waals surface area contributed by atoms with Crippen LogP contribution in [0, 0.1) is 12.7 Å².